The van der Waals surface area contributed by atoms with Crippen LogP contribution in [0.3, 0.4) is 0 Å². The quantitative estimate of drug-likeness (QED) is 0.357. The van der Waals surface area contributed by atoms with Crippen LogP contribution in [-0.2, 0) is 0 Å². The molecule has 1 aromatic heterocycles. The normalized spacial score (nSPS) is 11.1. The van der Waals surface area contributed by atoms with Gasteiger partial charge in [-0.1, -0.05) is 18.2 Å². The van der Waals surface area contributed by atoms with Crippen molar-refractivity contribution in [1.29, 1.82) is 0 Å². The molecule has 0 saturated carbocycles. The van der Waals surface area contributed by atoms with Gasteiger partial charge < -0.3 is 20.3 Å². The zero-order chi connectivity index (χ0) is 23.4. The lowest BCUT2D eigenvalue weighted by Crippen LogP contribution is -2.19. The van der Waals surface area contributed by atoms with Crippen molar-refractivity contribution >= 4 is 34.0 Å². The smallest absolute Gasteiger partial charge is 0.229 e. The Bertz CT molecular complexity index is 1270. The van der Waals surface area contributed by atoms with Gasteiger partial charge in [0, 0.05) is 23.3 Å². The van der Waals surface area contributed by atoms with Gasteiger partial charge in [-0.25, -0.2) is 9.37 Å². The molecular weight excluding hydrogens is 417 g/mol. The van der Waals surface area contributed by atoms with Gasteiger partial charge >= 0.3 is 0 Å². The molecule has 4 aromatic rings. The second kappa shape index (κ2) is 9.83. The highest BCUT2D eigenvalue weighted by Crippen LogP contribution is 2.31. The average Bonchev–Trinajstić information content (AvgIpc) is 2.77. The van der Waals surface area contributed by atoms with Gasteiger partial charge in [-0.2, -0.15) is 4.98 Å². The number of aryl methyl sites for hydroxylation is 2. The Balaban J connectivity index is 1.73. The van der Waals surface area contributed by atoms with Crippen molar-refractivity contribution in [3.63, 3.8) is 0 Å². The Morgan fingerprint density at radius 2 is 1.67 bits per heavy atom. The lowest BCUT2D eigenvalue weighted by atomic mass is 10.2. The first-order valence-corrected chi connectivity index (χ1v) is 10.8. The number of nitrogens with one attached hydrogen (secondary N) is 2. The zero-order valence-corrected chi connectivity index (χ0v) is 19.3. The van der Waals surface area contributed by atoms with Crippen LogP contribution >= 0.6 is 0 Å². The maximum absolute atomic E-state index is 13.5. The molecule has 33 heavy (non-hydrogen) atoms. The molecule has 0 aliphatic carbocycles. The molecule has 2 N–H and O–H groups in total. The highest BCUT2D eigenvalue weighted by atomic mass is 19.1. The predicted octanol–water partition coefficient (Wildman–Crippen LogP) is 5.81. The Labute approximate surface area is 193 Å². The van der Waals surface area contributed by atoms with Crippen LogP contribution in [0.5, 0.6) is 5.75 Å². The summed E-state index contributed by atoms with van der Waals surface area (Å²) >= 11 is 0. The monoisotopic (exact) mass is 445 g/mol. The third-order valence-electron chi connectivity index (χ3n) is 5.31. The summed E-state index contributed by atoms with van der Waals surface area (Å²) in [6.07, 6.45) is 0. The number of benzene rings is 3. The minimum Gasteiger partial charge on any atom is -0.492 e. The van der Waals surface area contributed by atoms with Crippen LogP contribution in [0.2, 0.25) is 0 Å². The topological polar surface area (TPSA) is 62.3 Å². The van der Waals surface area contributed by atoms with Crippen LogP contribution < -0.4 is 15.4 Å². The minimum absolute atomic E-state index is 0.277. The first-order valence-electron chi connectivity index (χ1n) is 10.8. The standard InChI is InChI=1S/C26H28FN5O/c1-17-7-5-6-8-22(17)28-25-21-16-20(33-14-13-32(3)4)10-12-24(21)30-26(31-25)29-23-11-9-19(27)15-18(23)2/h5-12,15-16H,13-14H2,1-4H3,(H2,28,29,30,31). The van der Waals surface area contributed by atoms with E-state index in [0.29, 0.717) is 18.4 Å². The fourth-order valence-electron chi connectivity index (χ4n) is 3.42. The highest BCUT2D eigenvalue weighted by Gasteiger charge is 2.12. The number of aromatic nitrogens is 2. The first-order chi connectivity index (χ1) is 15.9. The second-order valence-corrected chi connectivity index (χ2v) is 8.25. The van der Waals surface area contributed by atoms with Crippen molar-refractivity contribution < 1.29 is 9.13 Å². The van der Waals surface area contributed by atoms with E-state index in [9.17, 15) is 4.39 Å². The largest absolute Gasteiger partial charge is 0.492 e. The SMILES string of the molecule is Cc1cc(F)ccc1Nc1nc(Nc2ccccc2C)c2cc(OCCN(C)C)ccc2n1. The van der Waals surface area contributed by atoms with Crippen LogP contribution in [0, 0.1) is 19.7 Å². The summed E-state index contributed by atoms with van der Waals surface area (Å²) in [6, 6.07) is 18.4. The van der Waals surface area contributed by atoms with Gasteiger partial charge in [-0.05, 0) is 81.5 Å². The number of hydrogen-bond acceptors (Lipinski definition) is 6. The van der Waals surface area contributed by atoms with Gasteiger partial charge in [-0.3, -0.25) is 0 Å². The number of anilines is 4. The van der Waals surface area contributed by atoms with Crippen molar-refractivity contribution in [1.82, 2.24) is 14.9 Å². The molecule has 0 aliphatic rings. The van der Waals surface area contributed by atoms with Crippen molar-refractivity contribution in [3.05, 3.63) is 77.6 Å². The molecular formula is C26H28FN5O. The van der Waals surface area contributed by atoms with E-state index in [0.717, 1.165) is 45.7 Å². The molecule has 4 rings (SSSR count). The molecule has 0 radical (unpaired) electrons. The number of fused-ring (bicyclic) bond motifs is 1. The number of rotatable bonds is 8. The molecule has 0 fully saturated rings. The van der Waals surface area contributed by atoms with E-state index >= 15 is 0 Å². The van der Waals surface area contributed by atoms with Gasteiger partial charge in [0.15, 0.2) is 0 Å². The lowest BCUT2D eigenvalue weighted by Gasteiger charge is -2.15. The number of hydrogen-bond donors (Lipinski definition) is 2. The maximum Gasteiger partial charge on any atom is 0.229 e. The number of likely N-dealkylation sites (N-methyl/N-ethyl adjacent to an activating group) is 1. The van der Waals surface area contributed by atoms with E-state index in [-0.39, 0.29) is 5.82 Å². The van der Waals surface area contributed by atoms with Gasteiger partial charge in [0.2, 0.25) is 5.95 Å². The number of nitrogens with zero attached hydrogens (tertiary/aromatic N) is 3. The van der Waals surface area contributed by atoms with Gasteiger partial charge in [0.05, 0.1) is 5.52 Å². The molecule has 0 aliphatic heterocycles. The molecule has 170 valence electrons. The third kappa shape index (κ3) is 5.56. The summed E-state index contributed by atoms with van der Waals surface area (Å²) in [7, 11) is 4.03. The second-order valence-electron chi connectivity index (χ2n) is 8.25. The molecule has 3 aromatic carbocycles. The third-order valence-corrected chi connectivity index (χ3v) is 5.31. The summed E-state index contributed by atoms with van der Waals surface area (Å²) in [5, 5.41) is 7.53. The Kier molecular flexibility index (Phi) is 6.70. The maximum atomic E-state index is 13.5. The number of halogens is 1. The molecule has 0 spiro atoms. The van der Waals surface area contributed by atoms with Crippen LogP contribution in [0.1, 0.15) is 11.1 Å². The van der Waals surface area contributed by atoms with E-state index in [1.807, 2.05) is 70.4 Å². The Morgan fingerprint density at radius 1 is 0.879 bits per heavy atom. The molecule has 0 amide bonds. The molecule has 6 nitrogen and oxygen atoms in total. The van der Waals surface area contributed by atoms with Gasteiger partial charge in [0.1, 0.15) is 24.0 Å². The summed E-state index contributed by atoms with van der Waals surface area (Å²) < 4.78 is 19.5. The highest BCUT2D eigenvalue weighted by molar-refractivity contribution is 5.93. The van der Waals surface area contributed by atoms with Crippen molar-refractivity contribution in [2.75, 3.05) is 37.9 Å². The summed E-state index contributed by atoms with van der Waals surface area (Å²) in [4.78, 5) is 11.5. The van der Waals surface area contributed by atoms with Gasteiger partial charge in [0.25, 0.3) is 0 Å². The molecule has 0 saturated heterocycles. The lowest BCUT2D eigenvalue weighted by molar-refractivity contribution is 0.261. The summed E-state index contributed by atoms with van der Waals surface area (Å²) in [5.41, 5.74) is 4.35. The van der Waals surface area contributed by atoms with E-state index in [4.69, 9.17) is 9.72 Å². The number of para-hydroxylation sites is 1. The van der Waals surface area contributed by atoms with Crippen LogP contribution in [0.4, 0.5) is 27.5 Å². The zero-order valence-electron chi connectivity index (χ0n) is 19.3. The fourth-order valence-corrected chi connectivity index (χ4v) is 3.42. The van der Waals surface area contributed by atoms with Crippen molar-refractivity contribution in [2.24, 2.45) is 0 Å². The van der Waals surface area contributed by atoms with E-state index in [1.165, 1.54) is 12.1 Å². The minimum atomic E-state index is -0.277. The molecule has 0 unspecified atom stereocenters. The van der Waals surface area contributed by atoms with Crippen LogP contribution in [0.25, 0.3) is 10.9 Å². The molecule has 7 heteroatoms. The van der Waals surface area contributed by atoms with Crippen LogP contribution in [0.15, 0.2) is 60.7 Å². The molecule has 0 bridgehead atoms. The van der Waals surface area contributed by atoms with E-state index in [2.05, 4.69) is 20.5 Å². The number of ether oxygens (including phenoxy) is 1. The summed E-state index contributed by atoms with van der Waals surface area (Å²) in [5.74, 6) is 1.57. The molecule has 1 heterocycles. The van der Waals surface area contributed by atoms with Crippen LogP contribution in [-0.4, -0.2) is 42.1 Å². The van der Waals surface area contributed by atoms with E-state index in [1.54, 1.807) is 6.07 Å². The Hall–Kier alpha value is -3.71. The molecule has 0 atom stereocenters. The average molecular weight is 446 g/mol. The van der Waals surface area contributed by atoms with E-state index < -0.39 is 0 Å². The Morgan fingerprint density at radius 3 is 2.42 bits per heavy atom. The predicted molar refractivity (Wildman–Crippen MR) is 132 cm³/mol. The van der Waals surface area contributed by atoms with Crippen molar-refractivity contribution in [3.8, 4) is 5.75 Å². The fraction of sp³-hybridized carbons (Fsp3) is 0.231. The van der Waals surface area contributed by atoms with Crippen molar-refractivity contribution in [2.45, 2.75) is 13.8 Å². The first kappa shape index (κ1) is 22.5. The van der Waals surface area contributed by atoms with Gasteiger partial charge in [-0.15, -0.1) is 0 Å². The summed E-state index contributed by atoms with van der Waals surface area (Å²) in [6.45, 7) is 5.30.